The van der Waals surface area contributed by atoms with E-state index in [0.717, 1.165) is 17.5 Å². The lowest BCUT2D eigenvalue weighted by Gasteiger charge is -2.08. The van der Waals surface area contributed by atoms with Crippen molar-refractivity contribution in [3.63, 3.8) is 0 Å². The molecule has 1 heterocycles. The monoisotopic (exact) mass is 282 g/mol. The summed E-state index contributed by atoms with van der Waals surface area (Å²) in [6, 6.07) is 10.1. The fourth-order valence-electron chi connectivity index (χ4n) is 2.04. The van der Waals surface area contributed by atoms with Gasteiger partial charge in [0.15, 0.2) is 0 Å². The molecule has 3 nitrogen and oxygen atoms in total. The van der Waals surface area contributed by atoms with Crippen LogP contribution in [0.15, 0.2) is 42.7 Å². The predicted octanol–water partition coefficient (Wildman–Crippen LogP) is 3.83. The number of carbonyl (C=O) groups is 1. The molecule has 0 saturated heterocycles. The molecule has 1 aromatic heterocycles. The fourth-order valence-corrected chi connectivity index (χ4v) is 2.04. The number of aromatic nitrogens is 1. The molecule has 3 heteroatoms. The van der Waals surface area contributed by atoms with E-state index in [-0.39, 0.29) is 5.91 Å². The Morgan fingerprint density at radius 1 is 1.14 bits per heavy atom. The normalized spacial score (nSPS) is 10.7. The lowest BCUT2D eigenvalue weighted by atomic mass is 10.0. The first-order chi connectivity index (χ1) is 10.1. The molecule has 2 aromatic rings. The van der Waals surface area contributed by atoms with E-state index < -0.39 is 0 Å². The minimum absolute atomic E-state index is 0.0582. The van der Waals surface area contributed by atoms with Crippen LogP contribution >= 0.6 is 0 Å². The van der Waals surface area contributed by atoms with Crippen LogP contribution in [-0.4, -0.2) is 17.4 Å². The standard InChI is InChI=1S/C18H22N2O/c1-13(2)8-9-20-18(21)17-10-16(11-19-12-17)15-6-4-14(3)5-7-15/h4-7,10-13H,8-9H2,1-3H3,(H,20,21). The first-order valence-corrected chi connectivity index (χ1v) is 7.36. The molecule has 0 saturated carbocycles. The van der Waals surface area contributed by atoms with Crippen LogP contribution in [0.5, 0.6) is 0 Å². The number of nitrogens with one attached hydrogen (secondary N) is 1. The van der Waals surface area contributed by atoms with Crippen LogP contribution in [-0.2, 0) is 0 Å². The average molecular weight is 282 g/mol. The van der Waals surface area contributed by atoms with Crippen molar-refractivity contribution in [3.8, 4) is 11.1 Å². The van der Waals surface area contributed by atoms with Crippen LogP contribution < -0.4 is 5.32 Å². The molecule has 1 aromatic carbocycles. The average Bonchev–Trinajstić information content (AvgIpc) is 2.47. The molecule has 21 heavy (non-hydrogen) atoms. The highest BCUT2D eigenvalue weighted by atomic mass is 16.1. The SMILES string of the molecule is Cc1ccc(-c2cncc(C(=O)NCCC(C)C)c2)cc1. The Labute approximate surface area is 126 Å². The summed E-state index contributed by atoms with van der Waals surface area (Å²) >= 11 is 0. The van der Waals surface area contributed by atoms with Gasteiger partial charge in [0.2, 0.25) is 0 Å². The molecular formula is C18H22N2O. The number of nitrogens with zero attached hydrogens (tertiary/aromatic N) is 1. The van der Waals surface area contributed by atoms with Gasteiger partial charge in [0, 0.05) is 24.5 Å². The third-order valence-corrected chi connectivity index (χ3v) is 3.39. The number of aryl methyl sites for hydroxylation is 1. The summed E-state index contributed by atoms with van der Waals surface area (Å²) in [4.78, 5) is 16.3. The summed E-state index contributed by atoms with van der Waals surface area (Å²) < 4.78 is 0. The van der Waals surface area contributed by atoms with Crippen molar-refractivity contribution < 1.29 is 4.79 Å². The second-order valence-electron chi connectivity index (χ2n) is 5.77. The maximum atomic E-state index is 12.1. The van der Waals surface area contributed by atoms with Crippen molar-refractivity contribution in [1.82, 2.24) is 10.3 Å². The number of rotatable bonds is 5. The summed E-state index contributed by atoms with van der Waals surface area (Å²) in [6.45, 7) is 7.04. The van der Waals surface area contributed by atoms with Gasteiger partial charge in [-0.2, -0.15) is 0 Å². The van der Waals surface area contributed by atoms with Crippen LogP contribution in [0, 0.1) is 12.8 Å². The zero-order valence-corrected chi connectivity index (χ0v) is 12.9. The Balaban J connectivity index is 2.10. The molecule has 2 rings (SSSR count). The lowest BCUT2D eigenvalue weighted by molar-refractivity contribution is 0.0951. The summed E-state index contributed by atoms with van der Waals surface area (Å²) in [5, 5.41) is 2.94. The largest absolute Gasteiger partial charge is 0.352 e. The van der Waals surface area contributed by atoms with Crippen molar-refractivity contribution >= 4 is 5.91 Å². The topological polar surface area (TPSA) is 42.0 Å². The van der Waals surface area contributed by atoms with E-state index in [9.17, 15) is 4.79 Å². The molecule has 0 aliphatic rings. The van der Waals surface area contributed by atoms with E-state index in [2.05, 4.69) is 43.2 Å². The Morgan fingerprint density at radius 2 is 1.86 bits per heavy atom. The summed E-state index contributed by atoms with van der Waals surface area (Å²) in [5.74, 6) is 0.527. The predicted molar refractivity (Wildman–Crippen MR) is 86.2 cm³/mol. The Bertz CT molecular complexity index is 603. The molecule has 0 fully saturated rings. The quantitative estimate of drug-likeness (QED) is 0.905. The van der Waals surface area contributed by atoms with Crippen LogP contribution in [0.2, 0.25) is 0 Å². The Kier molecular flexibility index (Phi) is 5.09. The van der Waals surface area contributed by atoms with Crippen LogP contribution in [0.4, 0.5) is 0 Å². The first-order valence-electron chi connectivity index (χ1n) is 7.36. The smallest absolute Gasteiger partial charge is 0.252 e. The van der Waals surface area contributed by atoms with Gasteiger partial charge in [0.1, 0.15) is 0 Å². The lowest BCUT2D eigenvalue weighted by Crippen LogP contribution is -2.25. The van der Waals surface area contributed by atoms with Crippen molar-refractivity contribution in [1.29, 1.82) is 0 Å². The number of benzene rings is 1. The number of hydrogen-bond acceptors (Lipinski definition) is 2. The van der Waals surface area contributed by atoms with Crippen LogP contribution in [0.25, 0.3) is 11.1 Å². The zero-order valence-electron chi connectivity index (χ0n) is 12.9. The molecule has 0 spiro atoms. The molecule has 1 N–H and O–H groups in total. The van der Waals surface area contributed by atoms with Gasteiger partial charge in [-0.05, 0) is 30.9 Å². The molecule has 0 unspecified atom stereocenters. The molecule has 0 atom stereocenters. The fraction of sp³-hybridized carbons (Fsp3) is 0.333. The number of amides is 1. The van der Waals surface area contributed by atoms with E-state index in [4.69, 9.17) is 0 Å². The second-order valence-corrected chi connectivity index (χ2v) is 5.77. The highest BCUT2D eigenvalue weighted by molar-refractivity contribution is 5.95. The minimum atomic E-state index is -0.0582. The Hall–Kier alpha value is -2.16. The maximum absolute atomic E-state index is 12.1. The van der Waals surface area contributed by atoms with Crippen molar-refractivity contribution in [3.05, 3.63) is 53.9 Å². The zero-order chi connectivity index (χ0) is 15.2. The third-order valence-electron chi connectivity index (χ3n) is 3.39. The number of pyridine rings is 1. The second kappa shape index (κ2) is 7.02. The van der Waals surface area contributed by atoms with Crippen molar-refractivity contribution in [2.24, 2.45) is 5.92 Å². The van der Waals surface area contributed by atoms with Gasteiger partial charge < -0.3 is 5.32 Å². The molecular weight excluding hydrogens is 260 g/mol. The van der Waals surface area contributed by atoms with Gasteiger partial charge in [0.05, 0.1) is 5.56 Å². The van der Waals surface area contributed by atoms with Crippen LogP contribution in [0.1, 0.15) is 36.2 Å². The van der Waals surface area contributed by atoms with E-state index in [1.54, 1.807) is 12.4 Å². The van der Waals surface area contributed by atoms with Gasteiger partial charge in [-0.25, -0.2) is 0 Å². The van der Waals surface area contributed by atoms with E-state index in [1.807, 2.05) is 18.2 Å². The Morgan fingerprint density at radius 3 is 2.52 bits per heavy atom. The molecule has 1 amide bonds. The number of carbonyl (C=O) groups excluding carboxylic acids is 1. The van der Waals surface area contributed by atoms with Gasteiger partial charge in [-0.1, -0.05) is 43.7 Å². The van der Waals surface area contributed by atoms with E-state index in [1.165, 1.54) is 5.56 Å². The highest BCUT2D eigenvalue weighted by Gasteiger charge is 2.07. The number of hydrogen-bond donors (Lipinski definition) is 1. The minimum Gasteiger partial charge on any atom is -0.352 e. The van der Waals surface area contributed by atoms with Crippen LogP contribution in [0.3, 0.4) is 0 Å². The van der Waals surface area contributed by atoms with E-state index >= 15 is 0 Å². The van der Waals surface area contributed by atoms with Gasteiger partial charge >= 0.3 is 0 Å². The van der Waals surface area contributed by atoms with Gasteiger partial charge in [0.25, 0.3) is 5.91 Å². The van der Waals surface area contributed by atoms with Gasteiger partial charge in [-0.15, -0.1) is 0 Å². The molecule has 0 aliphatic carbocycles. The summed E-state index contributed by atoms with van der Waals surface area (Å²) in [6.07, 6.45) is 4.38. The maximum Gasteiger partial charge on any atom is 0.252 e. The van der Waals surface area contributed by atoms with Crippen molar-refractivity contribution in [2.75, 3.05) is 6.54 Å². The highest BCUT2D eigenvalue weighted by Crippen LogP contribution is 2.19. The van der Waals surface area contributed by atoms with E-state index in [0.29, 0.717) is 18.0 Å². The third kappa shape index (κ3) is 4.42. The first kappa shape index (κ1) is 15.2. The van der Waals surface area contributed by atoms with Crippen molar-refractivity contribution in [2.45, 2.75) is 27.2 Å². The molecule has 110 valence electrons. The molecule has 0 aliphatic heterocycles. The molecule has 0 bridgehead atoms. The summed E-state index contributed by atoms with van der Waals surface area (Å²) in [5.41, 5.74) is 3.86. The van der Waals surface area contributed by atoms with Gasteiger partial charge in [-0.3, -0.25) is 9.78 Å². The molecule has 0 radical (unpaired) electrons. The summed E-state index contributed by atoms with van der Waals surface area (Å²) in [7, 11) is 0.